The summed E-state index contributed by atoms with van der Waals surface area (Å²) in [6.45, 7) is 0. The maximum Gasteiger partial charge on any atom is 0.336 e. The van der Waals surface area contributed by atoms with Crippen molar-refractivity contribution in [1.82, 2.24) is 24.1 Å². The molecule has 0 atom stereocenters. The van der Waals surface area contributed by atoms with Crippen LogP contribution in [0.25, 0.3) is 145 Å². The molecule has 0 amide bonds. The number of nitrogens with zero attached hydrogens (tertiary/aromatic N) is 5. The average molecular weight is 1010 g/mol. The van der Waals surface area contributed by atoms with Gasteiger partial charge in [-0.1, -0.05) is 194 Å². The Balaban J connectivity index is 1.08. The largest absolute Gasteiger partial charge is 0.420 e. The van der Waals surface area contributed by atoms with E-state index in [9.17, 15) is 4.79 Å². The summed E-state index contributed by atoms with van der Waals surface area (Å²) in [5, 5.41) is 5.20. The average Bonchev–Trinajstić information content (AvgIpc) is 4.27. The number of aromatic nitrogens is 5. The van der Waals surface area contributed by atoms with Crippen LogP contribution < -0.4 is 5.63 Å². The lowest BCUT2D eigenvalue weighted by Gasteiger charge is -2.19. The van der Waals surface area contributed by atoms with E-state index in [0.29, 0.717) is 22.5 Å². The molecular weight excluding hydrogens is 967 g/mol. The molecule has 0 aliphatic heterocycles. The van der Waals surface area contributed by atoms with Crippen molar-refractivity contribution in [2.24, 2.45) is 0 Å². The minimum absolute atomic E-state index is 0.455. The van der Waals surface area contributed by atoms with Crippen LogP contribution >= 0.6 is 0 Å². The SMILES string of the molecule is O=c1cc(-c2cc(-c3cc(-c4ccccc4)nc(-c4ccccc4)c3)nc(-c3cc(-c4ccccc4)nc(-c4ccccc4)c3)c2)c2c(-n3c4ccccc4c4ccccc43)ccc(-n3c4ccccc4c4ccccc43)c2o1. The zero-order valence-electron chi connectivity index (χ0n) is 42.5. The molecule has 6 heterocycles. The molecule has 0 fully saturated rings. The third-order valence-electron chi connectivity index (χ3n) is 15.1. The predicted molar refractivity (Wildman–Crippen MR) is 323 cm³/mol. The number of rotatable bonds is 9. The van der Waals surface area contributed by atoms with Crippen LogP contribution in [0.4, 0.5) is 0 Å². The smallest absolute Gasteiger partial charge is 0.336 e. The number of hydrogen-bond acceptors (Lipinski definition) is 5. The fourth-order valence-corrected chi connectivity index (χ4v) is 11.6. The predicted octanol–water partition coefficient (Wildman–Crippen LogP) is 17.8. The summed E-state index contributed by atoms with van der Waals surface area (Å²) < 4.78 is 11.3. The lowest BCUT2D eigenvalue weighted by molar-refractivity contribution is 0.560. The van der Waals surface area contributed by atoms with Crippen LogP contribution in [-0.4, -0.2) is 24.1 Å². The Hall–Kier alpha value is -10.8. The molecule has 7 nitrogen and oxygen atoms in total. The lowest BCUT2D eigenvalue weighted by Crippen LogP contribution is -2.06. The first-order valence-corrected chi connectivity index (χ1v) is 26.4. The molecule has 9 aromatic carbocycles. The third kappa shape index (κ3) is 7.91. The summed E-state index contributed by atoms with van der Waals surface area (Å²) in [4.78, 5) is 31.1. The highest BCUT2D eigenvalue weighted by Crippen LogP contribution is 2.44. The maximum absolute atomic E-state index is 14.9. The van der Waals surface area contributed by atoms with Crippen LogP contribution in [0.15, 0.2) is 282 Å². The van der Waals surface area contributed by atoms with Crippen molar-refractivity contribution in [3.05, 3.63) is 283 Å². The van der Waals surface area contributed by atoms with E-state index in [-0.39, 0.29) is 0 Å². The second-order valence-electron chi connectivity index (χ2n) is 19.9. The van der Waals surface area contributed by atoms with Crippen molar-refractivity contribution in [3.8, 4) is 90.0 Å². The zero-order chi connectivity index (χ0) is 52.4. The fraction of sp³-hybridized carbons (Fsp3) is 0. The molecule has 370 valence electrons. The Morgan fingerprint density at radius 1 is 0.278 bits per heavy atom. The molecule has 0 radical (unpaired) electrons. The summed E-state index contributed by atoms with van der Waals surface area (Å²) >= 11 is 0. The third-order valence-corrected chi connectivity index (χ3v) is 15.1. The number of benzene rings is 9. The van der Waals surface area contributed by atoms with Gasteiger partial charge >= 0.3 is 5.63 Å². The molecule has 0 bridgehead atoms. The minimum atomic E-state index is -0.480. The molecule has 15 aromatic rings. The standard InChI is InChI=1S/C72H45N5O2/c78-70-45-57(71-68(76-64-33-17-13-29-53(64)54-30-14-18-34-65(54)76)37-38-69(72(71)79-70)77-66-35-19-15-31-55(66)56-32-16-20-36-67(56)77)50-39-62(51-41-58(46-21-5-1-6-22-46)73-59(42-51)47-23-7-2-8-24-47)75-63(40-50)52-43-60(48-25-9-3-10-26-48)74-61(44-52)49-27-11-4-12-28-49/h1-45H. The van der Waals surface area contributed by atoms with Crippen LogP contribution in [0.2, 0.25) is 0 Å². The monoisotopic (exact) mass is 1010 g/mol. The van der Waals surface area contributed by atoms with E-state index in [4.69, 9.17) is 19.4 Å². The molecule has 0 saturated heterocycles. The number of pyridine rings is 3. The van der Waals surface area contributed by atoms with Crippen LogP contribution in [0.3, 0.4) is 0 Å². The fourth-order valence-electron chi connectivity index (χ4n) is 11.6. The van der Waals surface area contributed by atoms with E-state index in [2.05, 4.69) is 203 Å². The van der Waals surface area contributed by atoms with Gasteiger partial charge in [-0.15, -0.1) is 0 Å². The van der Waals surface area contributed by atoms with E-state index in [1.807, 2.05) is 72.8 Å². The second kappa shape index (κ2) is 18.8. The van der Waals surface area contributed by atoms with Crippen molar-refractivity contribution < 1.29 is 4.42 Å². The van der Waals surface area contributed by atoms with Gasteiger partial charge in [0.05, 0.1) is 73.0 Å². The summed E-state index contributed by atoms with van der Waals surface area (Å²) in [5.74, 6) is 0. The van der Waals surface area contributed by atoms with Crippen molar-refractivity contribution in [2.45, 2.75) is 0 Å². The number of fused-ring (bicyclic) bond motifs is 7. The Bertz CT molecular complexity index is 4540. The Labute approximate surface area is 454 Å². The summed E-state index contributed by atoms with van der Waals surface area (Å²) in [6, 6.07) is 93.6. The molecule has 0 N–H and O–H groups in total. The van der Waals surface area contributed by atoms with E-state index >= 15 is 0 Å². The van der Waals surface area contributed by atoms with Gasteiger partial charge in [0.2, 0.25) is 0 Å². The van der Waals surface area contributed by atoms with Gasteiger partial charge < -0.3 is 13.6 Å². The van der Waals surface area contributed by atoms with Gasteiger partial charge in [0, 0.05) is 66.6 Å². The van der Waals surface area contributed by atoms with Gasteiger partial charge in [0.25, 0.3) is 0 Å². The van der Waals surface area contributed by atoms with Gasteiger partial charge in [-0.05, 0) is 78.4 Å². The molecular formula is C72H45N5O2. The van der Waals surface area contributed by atoms with Crippen molar-refractivity contribution in [3.63, 3.8) is 0 Å². The summed E-state index contributed by atoms with van der Waals surface area (Å²) in [6.07, 6.45) is 0. The van der Waals surface area contributed by atoms with Gasteiger partial charge in [0.15, 0.2) is 5.58 Å². The highest BCUT2D eigenvalue weighted by Gasteiger charge is 2.25. The van der Waals surface area contributed by atoms with Crippen LogP contribution in [0, 0.1) is 0 Å². The zero-order valence-corrected chi connectivity index (χ0v) is 42.5. The molecule has 79 heavy (non-hydrogen) atoms. The van der Waals surface area contributed by atoms with E-state index in [1.165, 1.54) is 0 Å². The van der Waals surface area contributed by atoms with Gasteiger partial charge in [-0.2, -0.15) is 0 Å². The normalized spacial score (nSPS) is 11.6. The minimum Gasteiger partial charge on any atom is -0.420 e. The summed E-state index contributed by atoms with van der Waals surface area (Å²) in [5.41, 5.74) is 17.4. The van der Waals surface area contributed by atoms with Crippen LogP contribution in [-0.2, 0) is 0 Å². The Morgan fingerprint density at radius 3 is 0.937 bits per heavy atom. The van der Waals surface area contributed by atoms with Gasteiger partial charge in [-0.25, -0.2) is 19.7 Å². The lowest BCUT2D eigenvalue weighted by atomic mass is 9.95. The summed E-state index contributed by atoms with van der Waals surface area (Å²) in [7, 11) is 0. The van der Waals surface area contributed by atoms with Crippen molar-refractivity contribution in [2.75, 3.05) is 0 Å². The van der Waals surface area contributed by atoms with Gasteiger partial charge in [-0.3, -0.25) is 0 Å². The first kappa shape index (κ1) is 45.6. The topological polar surface area (TPSA) is 78.7 Å². The molecule has 15 rings (SSSR count). The molecule has 0 spiro atoms. The number of para-hydroxylation sites is 4. The van der Waals surface area contributed by atoms with E-state index in [0.717, 1.165) is 122 Å². The van der Waals surface area contributed by atoms with Crippen molar-refractivity contribution in [1.29, 1.82) is 0 Å². The van der Waals surface area contributed by atoms with Crippen LogP contribution in [0.1, 0.15) is 0 Å². The molecule has 0 saturated carbocycles. The van der Waals surface area contributed by atoms with E-state index in [1.54, 1.807) is 6.07 Å². The molecule has 6 aromatic heterocycles. The van der Waals surface area contributed by atoms with Gasteiger partial charge in [0.1, 0.15) is 0 Å². The highest BCUT2D eigenvalue weighted by molar-refractivity contribution is 6.14. The quantitative estimate of drug-likeness (QED) is 0.135. The first-order valence-electron chi connectivity index (χ1n) is 26.4. The number of hydrogen-bond donors (Lipinski definition) is 0. The molecule has 7 heteroatoms. The highest BCUT2D eigenvalue weighted by atomic mass is 16.4. The Morgan fingerprint density at radius 2 is 0.570 bits per heavy atom. The van der Waals surface area contributed by atoms with Crippen LogP contribution in [0.5, 0.6) is 0 Å². The maximum atomic E-state index is 14.9. The Kier molecular flexibility index (Phi) is 10.9. The first-order chi connectivity index (χ1) is 39.1. The van der Waals surface area contributed by atoms with E-state index < -0.39 is 5.63 Å². The molecule has 0 unspecified atom stereocenters. The molecule has 0 aliphatic rings. The van der Waals surface area contributed by atoms with Crippen molar-refractivity contribution >= 4 is 54.6 Å². The molecule has 0 aliphatic carbocycles. The second-order valence-corrected chi connectivity index (χ2v) is 19.9.